The van der Waals surface area contributed by atoms with Crippen molar-refractivity contribution in [3.05, 3.63) is 51.4 Å². The van der Waals surface area contributed by atoms with Gasteiger partial charge in [0.05, 0.1) is 15.0 Å². The van der Waals surface area contributed by atoms with Crippen molar-refractivity contribution in [3.63, 3.8) is 0 Å². The van der Waals surface area contributed by atoms with Gasteiger partial charge in [-0.15, -0.1) is 0 Å². The Bertz CT molecular complexity index is 741. The van der Waals surface area contributed by atoms with Gasteiger partial charge in [0.25, 0.3) is 10.1 Å². The summed E-state index contributed by atoms with van der Waals surface area (Å²) >= 11 is 11.8. The van der Waals surface area contributed by atoms with E-state index in [9.17, 15) is 13.5 Å². The molecule has 30 heavy (non-hydrogen) atoms. The number of hydrogen-bond donors (Lipinski definition) is 3. The topological polar surface area (TPSA) is 86.6 Å². The van der Waals surface area contributed by atoms with Gasteiger partial charge in [0.15, 0.2) is 5.75 Å². The number of aromatic hydroxyl groups is 1. The van der Waals surface area contributed by atoms with E-state index in [4.69, 9.17) is 27.8 Å². The molecule has 0 aliphatic carbocycles. The zero-order valence-electron chi connectivity index (χ0n) is 18.0. The molecule has 0 aliphatic rings. The highest BCUT2D eigenvalue weighted by molar-refractivity contribution is 7.90. The van der Waals surface area contributed by atoms with Crippen LogP contribution in [0.2, 0.25) is 10.0 Å². The maximum absolute atomic E-state index is 10.1. The zero-order chi connectivity index (χ0) is 23.0. The Kier molecular flexibility index (Phi) is 16.0. The van der Waals surface area contributed by atoms with Crippen molar-refractivity contribution in [3.8, 4) is 5.75 Å². The van der Waals surface area contributed by atoms with Crippen molar-refractivity contribution in [1.29, 1.82) is 0 Å². The van der Waals surface area contributed by atoms with Crippen LogP contribution in [0.25, 0.3) is 0 Å². The first-order valence-corrected chi connectivity index (χ1v) is 12.5. The van der Waals surface area contributed by atoms with E-state index in [1.54, 1.807) is 19.1 Å². The van der Waals surface area contributed by atoms with Gasteiger partial charge >= 0.3 is 0 Å². The van der Waals surface area contributed by atoms with Crippen LogP contribution in [0.4, 0.5) is 0 Å². The molecule has 1 aromatic rings. The number of hydrogen-bond acceptors (Lipinski definition) is 4. The standard InChI is InChI=1S/C17H27Cl2NO.C5H8O3S/c1-2-3-4-5-6-7-8-9-10-20-13-14-11-15(18)17(21)16(19)12-14;1-3-4-5(2)9(6,7)8/h11-12,20-21H,2-10,13H2,1H3;3-4H,2H2,1H3,(H,6,7,8)/b;4-3+. The average molecular weight is 480 g/mol. The number of unbranched alkanes of at least 4 members (excludes halogenated alkanes) is 7. The Morgan fingerprint density at radius 1 is 1.07 bits per heavy atom. The molecule has 0 saturated carbocycles. The van der Waals surface area contributed by atoms with Gasteiger partial charge in [0.1, 0.15) is 0 Å². The second kappa shape index (κ2) is 16.6. The highest BCUT2D eigenvalue weighted by Crippen LogP contribution is 2.32. The molecule has 3 N–H and O–H groups in total. The molecule has 0 fully saturated rings. The second-order valence-corrected chi connectivity index (χ2v) is 9.29. The predicted octanol–water partition coefficient (Wildman–Crippen LogP) is 6.89. The fourth-order valence-corrected chi connectivity index (χ4v) is 3.45. The lowest BCUT2D eigenvalue weighted by atomic mass is 10.1. The summed E-state index contributed by atoms with van der Waals surface area (Å²) in [6.07, 6.45) is 13.3. The number of benzene rings is 1. The number of nitrogens with one attached hydrogen (secondary N) is 1. The first-order chi connectivity index (χ1) is 14.1. The van der Waals surface area contributed by atoms with Gasteiger partial charge in [-0.2, -0.15) is 8.42 Å². The molecule has 5 nitrogen and oxygen atoms in total. The van der Waals surface area contributed by atoms with Gasteiger partial charge in [-0.05, 0) is 43.7 Å². The van der Waals surface area contributed by atoms with Crippen LogP contribution in [0, 0.1) is 0 Å². The van der Waals surface area contributed by atoms with Crippen LogP contribution in [-0.4, -0.2) is 24.6 Å². The molecule has 0 bridgehead atoms. The minimum Gasteiger partial charge on any atom is -0.505 e. The van der Waals surface area contributed by atoms with Gasteiger partial charge in [-0.3, -0.25) is 4.55 Å². The van der Waals surface area contributed by atoms with Gasteiger partial charge in [0, 0.05) is 6.54 Å². The Hall–Kier alpha value is -1.05. The number of rotatable bonds is 13. The Morgan fingerprint density at radius 2 is 1.57 bits per heavy atom. The lowest BCUT2D eigenvalue weighted by Gasteiger charge is -2.07. The van der Waals surface area contributed by atoms with Crippen molar-refractivity contribution in [2.24, 2.45) is 0 Å². The lowest BCUT2D eigenvalue weighted by molar-refractivity contribution is 0.475. The van der Waals surface area contributed by atoms with Crippen molar-refractivity contribution >= 4 is 33.3 Å². The number of phenols is 1. The minimum absolute atomic E-state index is 0.0369. The highest BCUT2D eigenvalue weighted by atomic mass is 35.5. The van der Waals surface area contributed by atoms with E-state index in [2.05, 4.69) is 18.8 Å². The molecule has 0 atom stereocenters. The Labute approximate surface area is 191 Å². The molecule has 0 amide bonds. The molecule has 0 saturated heterocycles. The van der Waals surface area contributed by atoms with E-state index in [1.807, 2.05) is 0 Å². The average Bonchev–Trinajstić information content (AvgIpc) is 2.67. The fourth-order valence-electron chi connectivity index (χ4n) is 2.61. The first kappa shape index (κ1) is 28.9. The number of phenolic OH excluding ortho intramolecular Hbond substituents is 1. The van der Waals surface area contributed by atoms with E-state index >= 15 is 0 Å². The summed E-state index contributed by atoms with van der Waals surface area (Å²) in [7, 11) is -4.05. The summed E-state index contributed by atoms with van der Waals surface area (Å²) in [5.41, 5.74) is 1.00. The van der Waals surface area contributed by atoms with Crippen molar-refractivity contribution in [1.82, 2.24) is 5.32 Å². The van der Waals surface area contributed by atoms with Crippen LogP contribution in [0.1, 0.15) is 70.8 Å². The van der Waals surface area contributed by atoms with Crippen LogP contribution in [0.5, 0.6) is 5.75 Å². The fraction of sp³-hybridized carbons (Fsp3) is 0.545. The summed E-state index contributed by atoms with van der Waals surface area (Å²) in [4.78, 5) is -0.287. The third-order valence-corrected chi connectivity index (χ3v) is 5.67. The predicted molar refractivity (Wildman–Crippen MR) is 128 cm³/mol. The smallest absolute Gasteiger partial charge is 0.293 e. The molecule has 8 heteroatoms. The molecule has 0 spiro atoms. The molecule has 1 rings (SSSR count). The lowest BCUT2D eigenvalue weighted by Crippen LogP contribution is -2.14. The van der Waals surface area contributed by atoms with E-state index in [0.717, 1.165) is 18.7 Å². The summed E-state index contributed by atoms with van der Waals surface area (Å²) in [6, 6.07) is 3.51. The monoisotopic (exact) mass is 479 g/mol. The van der Waals surface area contributed by atoms with Gasteiger partial charge in [0.2, 0.25) is 0 Å². The molecular formula is C22H35Cl2NO4S. The summed E-state index contributed by atoms with van der Waals surface area (Å²) in [5, 5.41) is 13.5. The van der Waals surface area contributed by atoms with Gasteiger partial charge < -0.3 is 10.4 Å². The second-order valence-electron chi connectivity index (χ2n) is 7.00. The van der Waals surface area contributed by atoms with Crippen LogP contribution >= 0.6 is 23.2 Å². The molecule has 1 aromatic carbocycles. The summed E-state index contributed by atoms with van der Waals surface area (Å²) in [6.45, 7) is 8.71. The number of allylic oxidation sites excluding steroid dienone is 2. The molecule has 0 heterocycles. The summed E-state index contributed by atoms with van der Waals surface area (Å²) < 4.78 is 28.5. The van der Waals surface area contributed by atoms with Crippen molar-refractivity contribution in [2.45, 2.75) is 71.8 Å². The highest BCUT2D eigenvalue weighted by Gasteiger charge is 2.06. The maximum atomic E-state index is 10.1. The quantitative estimate of drug-likeness (QED) is 0.163. The Morgan fingerprint density at radius 3 is 2.00 bits per heavy atom. The minimum atomic E-state index is -4.05. The van der Waals surface area contributed by atoms with Gasteiger partial charge in [-0.1, -0.05) is 87.7 Å². The van der Waals surface area contributed by atoms with E-state index in [-0.39, 0.29) is 10.7 Å². The third-order valence-electron chi connectivity index (χ3n) is 4.30. The summed E-state index contributed by atoms with van der Waals surface area (Å²) in [5.74, 6) is -0.0369. The van der Waals surface area contributed by atoms with E-state index < -0.39 is 10.1 Å². The van der Waals surface area contributed by atoms with Crippen LogP contribution in [-0.2, 0) is 16.7 Å². The van der Waals surface area contributed by atoms with Crippen molar-refractivity contribution in [2.75, 3.05) is 6.54 Å². The molecular weight excluding hydrogens is 445 g/mol. The molecule has 172 valence electrons. The van der Waals surface area contributed by atoms with Crippen molar-refractivity contribution < 1.29 is 18.1 Å². The van der Waals surface area contributed by atoms with Gasteiger partial charge in [-0.25, -0.2) is 0 Å². The zero-order valence-corrected chi connectivity index (χ0v) is 20.3. The van der Waals surface area contributed by atoms with Crippen LogP contribution < -0.4 is 5.32 Å². The SMILES string of the molecule is C=C(/C=C/C)S(=O)(=O)O.CCCCCCCCCCNCc1cc(Cl)c(O)c(Cl)c1. The number of halogens is 2. The van der Waals surface area contributed by atoms with E-state index in [1.165, 1.54) is 63.5 Å². The molecule has 0 unspecified atom stereocenters. The Balaban J connectivity index is 0.000000787. The van der Waals surface area contributed by atoms with E-state index in [0.29, 0.717) is 10.0 Å². The molecule has 0 aromatic heterocycles. The maximum Gasteiger partial charge on any atom is 0.293 e. The molecule has 0 radical (unpaired) electrons. The first-order valence-electron chi connectivity index (χ1n) is 10.3. The van der Waals surface area contributed by atoms with Crippen LogP contribution in [0.15, 0.2) is 35.8 Å². The van der Waals surface area contributed by atoms with Crippen LogP contribution in [0.3, 0.4) is 0 Å². The normalized spacial score (nSPS) is 11.4. The third kappa shape index (κ3) is 14.0. The largest absolute Gasteiger partial charge is 0.505 e. The molecule has 0 aliphatic heterocycles.